The van der Waals surface area contributed by atoms with Gasteiger partial charge in [0.25, 0.3) is 0 Å². The minimum absolute atomic E-state index is 0. The maximum absolute atomic E-state index is 9.78. The summed E-state index contributed by atoms with van der Waals surface area (Å²) in [6.07, 6.45) is -6.98. The topological polar surface area (TPSA) is 196 Å². The number of aliphatic hydroxyl groups is 6. The van der Waals surface area contributed by atoms with Crippen LogP contribution in [0.4, 0.5) is 0 Å². The number of hydrogen-bond acceptors (Lipinski definition) is 8. The summed E-state index contributed by atoms with van der Waals surface area (Å²) in [5, 5.41) is 65.7. The third-order valence-electron chi connectivity index (χ3n) is 1.61. The molecule has 110 valence electrons. The zero-order valence-corrected chi connectivity index (χ0v) is 12.0. The van der Waals surface area contributed by atoms with E-state index in [4.69, 9.17) is 40.9 Å². The molecule has 0 saturated heterocycles. The molecule has 0 fully saturated rings. The average molecular weight is 312 g/mol. The van der Waals surface area contributed by atoms with Gasteiger partial charge in [-0.3, -0.25) is 0 Å². The quantitative estimate of drug-likeness (QED) is 0.220. The number of aliphatic carboxylic acids is 2. The van der Waals surface area contributed by atoms with Gasteiger partial charge in [0.05, 0.1) is 13.2 Å². The molecule has 0 rings (SSSR count). The summed E-state index contributed by atoms with van der Waals surface area (Å²) in [5.41, 5.74) is 0. The van der Waals surface area contributed by atoms with Crippen molar-refractivity contribution in [3.05, 3.63) is 0 Å². The summed E-state index contributed by atoms with van der Waals surface area (Å²) in [6.45, 7) is -1.51. The van der Waals surface area contributed by atoms with Crippen molar-refractivity contribution >= 4 is 49.7 Å². The van der Waals surface area contributed by atoms with Gasteiger partial charge < -0.3 is 40.9 Å². The molecule has 19 heavy (non-hydrogen) atoms. The Morgan fingerprint density at radius 1 is 0.737 bits per heavy atom. The molecule has 10 nitrogen and oxygen atoms in total. The molecule has 4 atom stereocenters. The molecule has 0 aromatic rings. The molecule has 11 heteroatoms. The monoisotopic (exact) mass is 312 g/mol. The Balaban J connectivity index is -0.000000256. The van der Waals surface area contributed by atoms with Crippen LogP contribution >= 0.6 is 0 Å². The van der Waals surface area contributed by atoms with E-state index in [1.807, 2.05) is 0 Å². The van der Waals surface area contributed by atoms with Crippen LogP contribution in [0.2, 0.25) is 0 Å². The second kappa shape index (κ2) is 13.0. The first kappa shape index (κ1) is 24.0. The Bertz CT molecular complexity index is 234. The summed E-state index contributed by atoms with van der Waals surface area (Å²) >= 11 is 0. The van der Waals surface area contributed by atoms with E-state index in [2.05, 4.69) is 0 Å². The van der Waals surface area contributed by atoms with Crippen molar-refractivity contribution in [1.82, 2.24) is 0 Å². The molecule has 0 aliphatic carbocycles. The number of hydrogen-bond donors (Lipinski definition) is 8. The Morgan fingerprint density at radius 3 is 1.00 bits per heavy atom. The van der Waals surface area contributed by atoms with Crippen LogP contribution in [-0.4, -0.2) is 128 Å². The van der Waals surface area contributed by atoms with Crippen molar-refractivity contribution < 1.29 is 50.4 Å². The van der Waals surface area contributed by atoms with Gasteiger partial charge in [-0.2, -0.15) is 0 Å². The fourth-order valence-electron chi connectivity index (χ4n) is 0.529. The normalized spacial score (nSPS) is 15.9. The van der Waals surface area contributed by atoms with E-state index < -0.39 is 49.6 Å². The van der Waals surface area contributed by atoms with E-state index in [1.54, 1.807) is 0 Å². The summed E-state index contributed by atoms with van der Waals surface area (Å²) in [7, 11) is 0. The van der Waals surface area contributed by atoms with Gasteiger partial charge in [0, 0.05) is 37.7 Å². The summed E-state index contributed by atoms with van der Waals surface area (Å²) in [5.74, 6) is -3.09. The molecule has 0 heterocycles. The van der Waals surface area contributed by atoms with Gasteiger partial charge in [0.15, 0.2) is 12.2 Å². The van der Waals surface area contributed by atoms with Crippen LogP contribution in [0.5, 0.6) is 0 Å². The van der Waals surface area contributed by atoms with Gasteiger partial charge in [-0.05, 0) is 0 Å². The first-order valence-electron chi connectivity index (χ1n) is 4.58. The van der Waals surface area contributed by atoms with E-state index >= 15 is 0 Å². The van der Waals surface area contributed by atoms with Crippen molar-refractivity contribution in [3.63, 3.8) is 0 Å². The molecule has 0 amide bonds. The largest absolute Gasteiger partial charge is 0.479 e. The van der Waals surface area contributed by atoms with Crippen LogP contribution in [0.15, 0.2) is 0 Å². The minimum atomic E-state index is -1.89. The van der Waals surface area contributed by atoms with Crippen molar-refractivity contribution in [1.29, 1.82) is 0 Å². The maximum Gasteiger partial charge on any atom is 0.335 e. The van der Waals surface area contributed by atoms with Gasteiger partial charge in [-0.1, -0.05) is 0 Å². The Kier molecular flexibility index (Phi) is 16.4. The molecule has 0 spiro atoms. The molecular weight excluding hydrogens is 296 g/mol. The van der Waals surface area contributed by atoms with Crippen LogP contribution in [0.3, 0.4) is 0 Å². The zero-order valence-electron chi connectivity index (χ0n) is 9.82. The standard InChI is InChI=1S/2C4H8O5.Ca/c2*5-1-2(6)3(7)4(8)9;/h2*2-3,5-7H,1H2,(H,8,9);/t2*2-,3+;/m00./s1. The van der Waals surface area contributed by atoms with Crippen molar-refractivity contribution in [2.45, 2.75) is 24.4 Å². The number of carboxylic acids is 2. The predicted octanol–water partition coefficient (Wildman–Crippen LogP) is -4.81. The van der Waals surface area contributed by atoms with Crippen LogP contribution in [0, 0.1) is 0 Å². The Labute approximate surface area is 137 Å². The third-order valence-corrected chi connectivity index (χ3v) is 1.61. The van der Waals surface area contributed by atoms with E-state index in [-0.39, 0.29) is 37.7 Å². The first-order chi connectivity index (χ1) is 8.18. The van der Waals surface area contributed by atoms with E-state index in [0.29, 0.717) is 0 Å². The van der Waals surface area contributed by atoms with Crippen molar-refractivity contribution in [3.8, 4) is 0 Å². The van der Waals surface area contributed by atoms with Gasteiger partial charge in [0.2, 0.25) is 0 Å². The molecule has 0 aliphatic heterocycles. The second-order valence-corrected chi connectivity index (χ2v) is 3.07. The minimum Gasteiger partial charge on any atom is -0.479 e. The van der Waals surface area contributed by atoms with Crippen molar-refractivity contribution in [2.75, 3.05) is 13.2 Å². The molecule has 0 aromatic heterocycles. The molecule has 8 N–H and O–H groups in total. The fourth-order valence-corrected chi connectivity index (χ4v) is 0.529. The zero-order chi connectivity index (χ0) is 14.9. The summed E-state index contributed by atoms with van der Waals surface area (Å²) in [6, 6.07) is 0. The van der Waals surface area contributed by atoms with Gasteiger partial charge in [0.1, 0.15) is 12.2 Å². The van der Waals surface area contributed by atoms with Gasteiger partial charge in [-0.25, -0.2) is 9.59 Å². The number of aliphatic hydroxyl groups excluding tert-OH is 6. The fraction of sp³-hybridized carbons (Fsp3) is 0.750. The predicted molar refractivity (Wildman–Crippen MR) is 59.2 cm³/mol. The van der Waals surface area contributed by atoms with Crippen LogP contribution in [0.1, 0.15) is 0 Å². The molecule has 2 radical (unpaired) electrons. The third kappa shape index (κ3) is 11.5. The van der Waals surface area contributed by atoms with Crippen LogP contribution in [-0.2, 0) is 9.59 Å². The SMILES string of the molecule is O=C(O)[C@H](O)[C@@H](O)CO.O=C(O)[C@H](O)[C@@H](O)CO.[Ca]. The van der Waals surface area contributed by atoms with Gasteiger partial charge >= 0.3 is 11.9 Å². The Morgan fingerprint density at radius 2 is 0.947 bits per heavy atom. The van der Waals surface area contributed by atoms with E-state index in [9.17, 15) is 9.59 Å². The van der Waals surface area contributed by atoms with Crippen LogP contribution < -0.4 is 0 Å². The molecule has 0 unspecified atom stereocenters. The molecule has 0 saturated carbocycles. The number of rotatable bonds is 6. The second-order valence-electron chi connectivity index (χ2n) is 3.07. The van der Waals surface area contributed by atoms with Crippen molar-refractivity contribution in [2.24, 2.45) is 0 Å². The Hall–Kier alpha value is -0.0403. The number of carboxylic acid groups (broad SMARTS) is 2. The smallest absolute Gasteiger partial charge is 0.335 e. The first-order valence-corrected chi connectivity index (χ1v) is 4.58. The molecular formula is C8H16CaO10. The summed E-state index contributed by atoms with van der Waals surface area (Å²) in [4.78, 5) is 19.6. The van der Waals surface area contributed by atoms with E-state index in [0.717, 1.165) is 0 Å². The van der Waals surface area contributed by atoms with Crippen LogP contribution in [0.25, 0.3) is 0 Å². The number of carbonyl (C=O) groups is 2. The maximum atomic E-state index is 9.78. The van der Waals surface area contributed by atoms with Gasteiger partial charge in [-0.15, -0.1) is 0 Å². The summed E-state index contributed by atoms with van der Waals surface area (Å²) < 4.78 is 0. The average Bonchev–Trinajstić information content (AvgIpc) is 2.35. The molecule has 0 aliphatic rings. The molecule has 0 aromatic carbocycles. The molecule has 0 bridgehead atoms. The van der Waals surface area contributed by atoms with E-state index in [1.165, 1.54) is 0 Å².